The van der Waals surface area contributed by atoms with Gasteiger partial charge in [0.05, 0.1) is 6.04 Å². The van der Waals surface area contributed by atoms with Crippen LogP contribution in [0.5, 0.6) is 0 Å². The molecule has 3 heteroatoms. The highest BCUT2D eigenvalue weighted by atomic mass is 16.2. The molecule has 1 aliphatic rings. The molecule has 0 spiro atoms. The van der Waals surface area contributed by atoms with Crippen LogP contribution in [0.15, 0.2) is 30.3 Å². The van der Waals surface area contributed by atoms with Gasteiger partial charge in [-0.15, -0.1) is 0 Å². The topological polar surface area (TPSA) is 32.3 Å². The van der Waals surface area contributed by atoms with Gasteiger partial charge in [0.1, 0.15) is 6.17 Å². The van der Waals surface area contributed by atoms with Crippen LogP contribution in [0.25, 0.3) is 0 Å². The van der Waals surface area contributed by atoms with Crippen LogP contribution in [0.4, 0.5) is 0 Å². The van der Waals surface area contributed by atoms with E-state index >= 15 is 0 Å². The van der Waals surface area contributed by atoms with Crippen LogP contribution in [0, 0.1) is 5.92 Å². The Morgan fingerprint density at radius 1 is 1.25 bits per heavy atom. The fraction of sp³-hybridized carbons (Fsp3) is 0.588. The van der Waals surface area contributed by atoms with E-state index in [1.807, 2.05) is 23.1 Å². The van der Waals surface area contributed by atoms with Crippen LogP contribution < -0.4 is 5.32 Å². The highest BCUT2D eigenvalue weighted by Gasteiger charge is 2.38. The maximum Gasteiger partial charge on any atom is 0.241 e. The van der Waals surface area contributed by atoms with Gasteiger partial charge in [-0.3, -0.25) is 10.1 Å². The minimum Gasteiger partial charge on any atom is -0.322 e. The Hall–Kier alpha value is -1.35. The van der Waals surface area contributed by atoms with Crippen molar-refractivity contribution in [2.75, 3.05) is 6.54 Å². The van der Waals surface area contributed by atoms with E-state index in [0.29, 0.717) is 5.92 Å². The Bertz CT molecular complexity index is 430. The molecule has 1 heterocycles. The first kappa shape index (κ1) is 15.0. The van der Waals surface area contributed by atoms with Crippen molar-refractivity contribution in [1.29, 1.82) is 0 Å². The first-order valence-electron chi connectivity index (χ1n) is 7.75. The van der Waals surface area contributed by atoms with Crippen LogP contribution in [0.3, 0.4) is 0 Å². The summed E-state index contributed by atoms with van der Waals surface area (Å²) in [5.74, 6) is 0.880. The Balaban J connectivity index is 2.16. The summed E-state index contributed by atoms with van der Waals surface area (Å²) in [6.45, 7) is 7.37. The Morgan fingerprint density at radius 2 is 1.95 bits per heavy atom. The minimum atomic E-state index is -0.0163. The summed E-state index contributed by atoms with van der Waals surface area (Å²) in [6, 6.07) is 10.3. The predicted octanol–water partition coefficient (Wildman–Crippen LogP) is 3.33. The molecule has 110 valence electrons. The third-order valence-corrected chi connectivity index (χ3v) is 3.89. The van der Waals surface area contributed by atoms with Gasteiger partial charge in [0.25, 0.3) is 0 Å². The zero-order valence-electron chi connectivity index (χ0n) is 12.8. The fourth-order valence-electron chi connectivity index (χ4n) is 2.72. The fourth-order valence-corrected chi connectivity index (χ4v) is 2.72. The van der Waals surface area contributed by atoms with Gasteiger partial charge >= 0.3 is 0 Å². The SMILES string of the molecule is CCCC1NC(c2ccccc2)N(CCC(C)C)C1=O. The zero-order valence-corrected chi connectivity index (χ0v) is 12.8. The van der Waals surface area contributed by atoms with Gasteiger partial charge in [0, 0.05) is 6.54 Å². The lowest BCUT2D eigenvalue weighted by molar-refractivity contribution is -0.130. The van der Waals surface area contributed by atoms with Crippen molar-refractivity contribution >= 4 is 5.91 Å². The maximum absolute atomic E-state index is 12.6. The predicted molar refractivity (Wildman–Crippen MR) is 82.2 cm³/mol. The number of carbonyl (C=O) groups excluding carboxylic acids is 1. The second-order valence-corrected chi connectivity index (χ2v) is 6.04. The van der Waals surface area contributed by atoms with E-state index in [1.54, 1.807) is 0 Å². The Kier molecular flexibility index (Phi) is 5.18. The molecule has 1 aromatic carbocycles. The molecule has 1 aliphatic heterocycles. The van der Waals surface area contributed by atoms with Crippen molar-refractivity contribution in [1.82, 2.24) is 10.2 Å². The van der Waals surface area contributed by atoms with E-state index in [4.69, 9.17) is 0 Å². The van der Waals surface area contributed by atoms with Gasteiger partial charge < -0.3 is 4.90 Å². The second kappa shape index (κ2) is 6.89. The average molecular weight is 274 g/mol. The van der Waals surface area contributed by atoms with Gasteiger partial charge in [0.15, 0.2) is 0 Å². The van der Waals surface area contributed by atoms with Crippen molar-refractivity contribution in [3.63, 3.8) is 0 Å². The summed E-state index contributed by atoms with van der Waals surface area (Å²) in [4.78, 5) is 14.6. The van der Waals surface area contributed by atoms with E-state index in [0.717, 1.165) is 25.8 Å². The number of hydrogen-bond acceptors (Lipinski definition) is 2. The van der Waals surface area contributed by atoms with Crippen molar-refractivity contribution in [2.24, 2.45) is 5.92 Å². The first-order valence-corrected chi connectivity index (χ1v) is 7.75. The van der Waals surface area contributed by atoms with Crippen molar-refractivity contribution in [2.45, 2.75) is 52.2 Å². The lowest BCUT2D eigenvalue weighted by atomic mass is 10.1. The van der Waals surface area contributed by atoms with Gasteiger partial charge in [-0.05, 0) is 24.3 Å². The number of rotatable bonds is 6. The molecule has 1 saturated heterocycles. The van der Waals surface area contributed by atoms with Crippen molar-refractivity contribution < 1.29 is 4.79 Å². The molecule has 1 fully saturated rings. The molecular weight excluding hydrogens is 248 g/mol. The number of nitrogens with one attached hydrogen (secondary N) is 1. The number of carbonyl (C=O) groups is 1. The molecule has 0 aliphatic carbocycles. The lowest BCUT2D eigenvalue weighted by Gasteiger charge is -2.25. The van der Waals surface area contributed by atoms with Gasteiger partial charge in [-0.2, -0.15) is 0 Å². The lowest BCUT2D eigenvalue weighted by Crippen LogP contribution is -2.32. The Labute approximate surface area is 122 Å². The summed E-state index contributed by atoms with van der Waals surface area (Å²) in [6.07, 6.45) is 3.04. The minimum absolute atomic E-state index is 0.0163. The van der Waals surface area contributed by atoms with Gasteiger partial charge in [-0.25, -0.2) is 0 Å². The summed E-state index contributed by atoms with van der Waals surface area (Å²) in [5.41, 5.74) is 1.18. The summed E-state index contributed by atoms with van der Waals surface area (Å²) in [5, 5.41) is 3.51. The van der Waals surface area contributed by atoms with E-state index in [9.17, 15) is 4.79 Å². The summed E-state index contributed by atoms with van der Waals surface area (Å²) >= 11 is 0. The van der Waals surface area contributed by atoms with Gasteiger partial charge in [0.2, 0.25) is 5.91 Å². The molecule has 2 unspecified atom stereocenters. The monoisotopic (exact) mass is 274 g/mol. The molecule has 20 heavy (non-hydrogen) atoms. The number of benzene rings is 1. The van der Waals surface area contributed by atoms with Crippen LogP contribution in [0.1, 0.15) is 51.8 Å². The third-order valence-electron chi connectivity index (χ3n) is 3.89. The quantitative estimate of drug-likeness (QED) is 0.863. The van der Waals surface area contributed by atoms with Crippen LogP contribution >= 0.6 is 0 Å². The smallest absolute Gasteiger partial charge is 0.241 e. The second-order valence-electron chi connectivity index (χ2n) is 6.04. The molecule has 3 nitrogen and oxygen atoms in total. The first-order chi connectivity index (χ1) is 9.63. The normalized spacial score (nSPS) is 22.8. The summed E-state index contributed by atoms with van der Waals surface area (Å²) in [7, 11) is 0. The molecule has 1 aromatic rings. The molecular formula is C17H26N2O. The van der Waals surface area contributed by atoms with E-state index < -0.39 is 0 Å². The van der Waals surface area contributed by atoms with Gasteiger partial charge in [-0.1, -0.05) is 57.5 Å². The molecule has 1 N–H and O–H groups in total. The van der Waals surface area contributed by atoms with E-state index in [1.165, 1.54) is 5.56 Å². The molecule has 0 saturated carbocycles. The molecule has 0 aromatic heterocycles. The molecule has 2 atom stereocenters. The van der Waals surface area contributed by atoms with Crippen LogP contribution in [-0.2, 0) is 4.79 Å². The Morgan fingerprint density at radius 3 is 2.55 bits per heavy atom. The van der Waals surface area contributed by atoms with E-state index in [-0.39, 0.29) is 18.1 Å². The average Bonchev–Trinajstić information content (AvgIpc) is 2.75. The largest absolute Gasteiger partial charge is 0.322 e. The zero-order chi connectivity index (χ0) is 14.5. The van der Waals surface area contributed by atoms with Crippen molar-refractivity contribution in [3.05, 3.63) is 35.9 Å². The van der Waals surface area contributed by atoms with Crippen LogP contribution in [0.2, 0.25) is 0 Å². The van der Waals surface area contributed by atoms with E-state index in [2.05, 4.69) is 38.2 Å². The molecule has 1 amide bonds. The summed E-state index contributed by atoms with van der Waals surface area (Å²) < 4.78 is 0. The highest BCUT2D eigenvalue weighted by molar-refractivity contribution is 5.84. The van der Waals surface area contributed by atoms with Crippen molar-refractivity contribution in [3.8, 4) is 0 Å². The third kappa shape index (κ3) is 3.40. The number of hydrogen-bond donors (Lipinski definition) is 1. The number of nitrogens with zero attached hydrogens (tertiary/aromatic N) is 1. The highest BCUT2D eigenvalue weighted by Crippen LogP contribution is 2.27. The number of amides is 1. The molecule has 2 rings (SSSR count). The molecule has 0 bridgehead atoms. The standard InChI is InChI=1S/C17H26N2O/c1-4-8-15-17(20)19(12-11-13(2)3)16(18-15)14-9-6-5-7-10-14/h5-7,9-10,13,15-16,18H,4,8,11-12H2,1-3H3. The van der Waals surface area contributed by atoms with Crippen LogP contribution in [-0.4, -0.2) is 23.4 Å². The maximum atomic E-state index is 12.6. The molecule has 0 radical (unpaired) electrons.